The van der Waals surface area contributed by atoms with Crippen molar-refractivity contribution >= 4 is 27.9 Å². The van der Waals surface area contributed by atoms with Crippen LogP contribution in [0.5, 0.6) is 0 Å². The third kappa shape index (κ3) is 3.29. The Morgan fingerprint density at radius 1 is 1.37 bits per heavy atom. The molecule has 19 heavy (non-hydrogen) atoms. The van der Waals surface area contributed by atoms with Crippen molar-refractivity contribution in [1.82, 2.24) is 0 Å². The monoisotopic (exact) mass is 335 g/mol. The van der Waals surface area contributed by atoms with E-state index >= 15 is 0 Å². The first-order valence-corrected chi connectivity index (χ1v) is 6.78. The average Bonchev–Trinajstić information content (AvgIpc) is 2.37. The minimum absolute atomic E-state index is 0.0389. The van der Waals surface area contributed by atoms with Crippen LogP contribution in [0.15, 0.2) is 22.7 Å². The number of piperidine rings is 1. The fraction of sp³-hybridized carbons (Fsp3) is 0.462. The summed E-state index contributed by atoms with van der Waals surface area (Å²) in [4.78, 5) is 12.8. The van der Waals surface area contributed by atoms with Crippen molar-refractivity contribution in [2.45, 2.75) is 19.0 Å². The van der Waals surface area contributed by atoms with E-state index in [0.717, 1.165) is 37.8 Å². The average molecular weight is 336 g/mol. The zero-order valence-corrected chi connectivity index (χ0v) is 11.7. The number of aldehydes is 1. The Kier molecular flexibility index (Phi) is 4.18. The summed E-state index contributed by atoms with van der Waals surface area (Å²) in [7, 11) is 0. The van der Waals surface area contributed by atoms with Crippen molar-refractivity contribution in [1.29, 1.82) is 0 Å². The van der Waals surface area contributed by atoms with Crippen LogP contribution in [-0.4, -0.2) is 19.4 Å². The Hall–Kier alpha value is -1.04. The molecule has 0 radical (unpaired) electrons. The maximum absolute atomic E-state index is 12.6. The second-order valence-corrected chi connectivity index (χ2v) is 5.50. The second-order valence-electron chi connectivity index (χ2n) is 4.65. The molecule has 0 N–H and O–H groups in total. The van der Waals surface area contributed by atoms with Gasteiger partial charge in [0.1, 0.15) is 6.29 Å². The lowest BCUT2D eigenvalue weighted by Crippen LogP contribution is -2.36. The molecule has 1 fully saturated rings. The van der Waals surface area contributed by atoms with E-state index in [2.05, 4.69) is 15.9 Å². The number of hydrogen-bond acceptors (Lipinski definition) is 2. The molecule has 1 saturated heterocycles. The molecule has 1 aromatic carbocycles. The second kappa shape index (κ2) is 5.53. The molecule has 1 atom stereocenters. The molecule has 2 rings (SSSR count). The van der Waals surface area contributed by atoms with Crippen LogP contribution >= 0.6 is 15.9 Å². The third-order valence-corrected chi connectivity index (χ3v) is 3.90. The van der Waals surface area contributed by atoms with E-state index < -0.39 is 11.7 Å². The summed E-state index contributed by atoms with van der Waals surface area (Å²) in [5.41, 5.74) is 0.0339. The smallest absolute Gasteiger partial charge is 0.370 e. The van der Waals surface area contributed by atoms with Crippen LogP contribution in [0.3, 0.4) is 0 Å². The minimum atomic E-state index is -4.34. The van der Waals surface area contributed by atoms with Gasteiger partial charge in [-0.1, -0.05) is 0 Å². The first-order valence-electron chi connectivity index (χ1n) is 5.99. The Morgan fingerprint density at radius 2 is 2.11 bits per heavy atom. The van der Waals surface area contributed by atoms with E-state index in [-0.39, 0.29) is 5.92 Å². The first-order chi connectivity index (χ1) is 8.91. The number of carbonyl (C=O) groups is 1. The van der Waals surface area contributed by atoms with Crippen LogP contribution in [0.4, 0.5) is 18.9 Å². The van der Waals surface area contributed by atoms with E-state index in [1.807, 2.05) is 4.90 Å². The van der Waals surface area contributed by atoms with E-state index in [1.54, 1.807) is 0 Å². The highest BCUT2D eigenvalue weighted by atomic mass is 79.9. The summed E-state index contributed by atoms with van der Waals surface area (Å²) >= 11 is 3.19. The Morgan fingerprint density at radius 3 is 2.68 bits per heavy atom. The van der Waals surface area contributed by atoms with Gasteiger partial charge >= 0.3 is 6.18 Å². The highest BCUT2D eigenvalue weighted by molar-refractivity contribution is 9.10. The number of benzene rings is 1. The van der Waals surface area contributed by atoms with Gasteiger partial charge in [0.2, 0.25) is 0 Å². The zero-order valence-electron chi connectivity index (χ0n) is 10.1. The summed E-state index contributed by atoms with van der Waals surface area (Å²) in [5, 5.41) is 0. The first kappa shape index (κ1) is 14.4. The molecule has 1 unspecified atom stereocenters. The summed E-state index contributed by atoms with van der Waals surface area (Å²) in [5.74, 6) is -0.0389. The van der Waals surface area contributed by atoms with Crippen molar-refractivity contribution in [3.8, 4) is 0 Å². The van der Waals surface area contributed by atoms with Crippen LogP contribution in [0.1, 0.15) is 18.4 Å². The highest BCUT2D eigenvalue weighted by Crippen LogP contribution is 2.36. The van der Waals surface area contributed by atoms with Gasteiger partial charge in [-0.05, 0) is 47.0 Å². The molecule has 2 nitrogen and oxygen atoms in total. The Balaban J connectivity index is 2.23. The maximum atomic E-state index is 12.6. The van der Waals surface area contributed by atoms with Gasteiger partial charge in [-0.2, -0.15) is 13.2 Å². The van der Waals surface area contributed by atoms with Crippen LogP contribution in [0.25, 0.3) is 0 Å². The van der Waals surface area contributed by atoms with Crippen LogP contribution in [0, 0.1) is 5.92 Å². The molecule has 0 aliphatic carbocycles. The molecule has 1 aliphatic rings. The van der Waals surface area contributed by atoms with Gasteiger partial charge in [0.05, 0.1) is 11.3 Å². The molecule has 6 heteroatoms. The van der Waals surface area contributed by atoms with Crippen molar-refractivity contribution in [2.24, 2.45) is 5.92 Å². The molecular weight excluding hydrogens is 323 g/mol. The van der Waals surface area contributed by atoms with E-state index in [9.17, 15) is 18.0 Å². The summed E-state index contributed by atoms with van der Waals surface area (Å²) < 4.78 is 38.1. The number of anilines is 1. The Labute approximate surface area is 117 Å². The number of carbonyl (C=O) groups excluding carboxylic acids is 1. The van der Waals surface area contributed by atoms with Gasteiger partial charge in [-0.3, -0.25) is 0 Å². The van der Waals surface area contributed by atoms with Crippen molar-refractivity contribution in [3.05, 3.63) is 28.2 Å². The topological polar surface area (TPSA) is 20.3 Å². The number of rotatable bonds is 2. The third-order valence-electron chi connectivity index (χ3n) is 3.27. The predicted molar refractivity (Wildman–Crippen MR) is 70.1 cm³/mol. The molecule has 0 aromatic heterocycles. The fourth-order valence-electron chi connectivity index (χ4n) is 2.28. The summed E-state index contributed by atoms with van der Waals surface area (Å²) in [6.45, 7) is 1.32. The quantitative estimate of drug-likeness (QED) is 0.764. The zero-order chi connectivity index (χ0) is 14.0. The number of nitrogens with zero attached hydrogens (tertiary/aromatic N) is 1. The van der Waals surface area contributed by atoms with Gasteiger partial charge in [-0.25, -0.2) is 0 Å². The van der Waals surface area contributed by atoms with Crippen molar-refractivity contribution < 1.29 is 18.0 Å². The maximum Gasteiger partial charge on any atom is 0.416 e. The van der Waals surface area contributed by atoms with Crippen LogP contribution in [-0.2, 0) is 11.0 Å². The molecule has 0 bridgehead atoms. The van der Waals surface area contributed by atoms with Crippen LogP contribution in [0.2, 0.25) is 0 Å². The summed E-state index contributed by atoms with van der Waals surface area (Å²) in [6.07, 6.45) is -1.70. The number of alkyl halides is 3. The number of halogens is 4. The largest absolute Gasteiger partial charge is 0.416 e. The highest BCUT2D eigenvalue weighted by Gasteiger charge is 2.31. The standard InChI is InChI=1S/C13H13BrF3NO/c14-11-6-10(13(15,16)17)3-4-12(11)18-5-1-2-9(7-18)8-19/h3-4,6,8-9H,1-2,5,7H2. The fourth-order valence-corrected chi connectivity index (χ4v) is 2.91. The SMILES string of the molecule is O=CC1CCCN(c2ccc(C(F)(F)F)cc2Br)C1. The van der Waals surface area contributed by atoms with Gasteiger partial charge in [0, 0.05) is 23.5 Å². The molecule has 104 valence electrons. The van der Waals surface area contributed by atoms with Gasteiger partial charge in [-0.15, -0.1) is 0 Å². The lowest BCUT2D eigenvalue weighted by Gasteiger charge is -2.33. The van der Waals surface area contributed by atoms with Gasteiger partial charge < -0.3 is 9.69 Å². The molecule has 0 spiro atoms. The molecule has 1 aliphatic heterocycles. The molecule has 0 saturated carbocycles. The minimum Gasteiger partial charge on any atom is -0.370 e. The Bertz CT molecular complexity index is 475. The van der Waals surface area contributed by atoms with Gasteiger partial charge in [0.15, 0.2) is 0 Å². The predicted octanol–water partition coefficient (Wildman–Crippen LogP) is 3.88. The lowest BCUT2D eigenvalue weighted by molar-refractivity contribution is -0.137. The summed E-state index contributed by atoms with van der Waals surface area (Å²) in [6, 6.07) is 3.62. The van der Waals surface area contributed by atoms with Crippen molar-refractivity contribution in [3.63, 3.8) is 0 Å². The van der Waals surface area contributed by atoms with Crippen LogP contribution < -0.4 is 4.90 Å². The molecule has 1 heterocycles. The lowest BCUT2D eigenvalue weighted by atomic mass is 9.99. The van der Waals surface area contributed by atoms with E-state index in [0.29, 0.717) is 16.7 Å². The molecule has 0 amide bonds. The molecule has 1 aromatic rings. The number of hydrogen-bond donors (Lipinski definition) is 0. The molecular formula is C13H13BrF3NO. The van der Waals surface area contributed by atoms with E-state index in [4.69, 9.17) is 0 Å². The van der Waals surface area contributed by atoms with E-state index in [1.165, 1.54) is 6.07 Å². The van der Waals surface area contributed by atoms with Gasteiger partial charge in [0.25, 0.3) is 0 Å². The normalized spacial score (nSPS) is 20.4. The van der Waals surface area contributed by atoms with Crippen molar-refractivity contribution in [2.75, 3.05) is 18.0 Å².